The minimum atomic E-state index is -0.512. The van der Waals surface area contributed by atoms with Crippen LogP contribution < -0.4 is 11.1 Å². The Morgan fingerprint density at radius 3 is 2.94 bits per heavy atom. The molecule has 0 amide bonds. The summed E-state index contributed by atoms with van der Waals surface area (Å²) in [6.45, 7) is 2.03. The fraction of sp³-hybridized carbons (Fsp3) is 0.500. The van der Waals surface area contributed by atoms with Crippen LogP contribution in [0.25, 0.3) is 0 Å². The van der Waals surface area contributed by atoms with Crippen molar-refractivity contribution in [1.82, 2.24) is 4.98 Å². The van der Waals surface area contributed by atoms with E-state index in [2.05, 4.69) is 10.3 Å². The number of aliphatic hydroxyl groups is 1. The number of nitrogens with zero attached hydrogens (tertiary/aromatic N) is 2. The topological polar surface area (TPSA) is 114 Å². The van der Waals surface area contributed by atoms with Crippen LogP contribution in [-0.2, 0) is 0 Å². The van der Waals surface area contributed by atoms with Crippen molar-refractivity contribution in [2.24, 2.45) is 0 Å². The molecule has 1 atom stereocenters. The van der Waals surface area contributed by atoms with Crippen LogP contribution >= 0.6 is 0 Å². The number of anilines is 2. The Labute approximate surface area is 98.8 Å². The molecule has 94 valence electrons. The highest BCUT2D eigenvalue weighted by atomic mass is 16.6. The van der Waals surface area contributed by atoms with Crippen LogP contribution in [0.2, 0.25) is 0 Å². The SMILES string of the molecule is CC(CCCO)Nc1cc([N+](=O)[O-])cc(N)n1. The van der Waals surface area contributed by atoms with Crippen molar-refractivity contribution >= 4 is 17.3 Å². The van der Waals surface area contributed by atoms with Gasteiger partial charge >= 0.3 is 0 Å². The van der Waals surface area contributed by atoms with Gasteiger partial charge in [-0.2, -0.15) is 0 Å². The van der Waals surface area contributed by atoms with Crippen molar-refractivity contribution in [3.8, 4) is 0 Å². The summed E-state index contributed by atoms with van der Waals surface area (Å²) >= 11 is 0. The van der Waals surface area contributed by atoms with Gasteiger partial charge in [-0.3, -0.25) is 10.1 Å². The van der Waals surface area contributed by atoms with E-state index < -0.39 is 4.92 Å². The normalized spacial score (nSPS) is 12.1. The first-order valence-electron chi connectivity index (χ1n) is 5.32. The van der Waals surface area contributed by atoms with Crippen LogP contribution in [0.15, 0.2) is 12.1 Å². The summed E-state index contributed by atoms with van der Waals surface area (Å²) in [4.78, 5) is 14.1. The number of nitrogens with one attached hydrogen (secondary N) is 1. The molecule has 0 saturated heterocycles. The zero-order valence-corrected chi connectivity index (χ0v) is 9.59. The van der Waals surface area contributed by atoms with Crippen LogP contribution in [0.4, 0.5) is 17.3 Å². The molecule has 1 rings (SSSR count). The van der Waals surface area contributed by atoms with E-state index in [1.54, 1.807) is 0 Å². The largest absolute Gasteiger partial charge is 0.396 e. The predicted molar refractivity (Wildman–Crippen MR) is 64.7 cm³/mol. The highest BCUT2D eigenvalue weighted by Gasteiger charge is 2.11. The molecule has 1 aromatic rings. The number of rotatable bonds is 6. The Hall–Kier alpha value is -1.89. The minimum absolute atomic E-state index is 0.0658. The molecule has 0 fully saturated rings. The molecular formula is C10H16N4O3. The van der Waals surface area contributed by atoms with Gasteiger partial charge in [0.05, 0.1) is 17.1 Å². The van der Waals surface area contributed by atoms with Gasteiger partial charge in [-0.1, -0.05) is 0 Å². The molecule has 0 saturated carbocycles. The molecule has 7 heteroatoms. The van der Waals surface area contributed by atoms with Crippen molar-refractivity contribution in [2.75, 3.05) is 17.7 Å². The first-order valence-corrected chi connectivity index (χ1v) is 5.32. The number of nitrogen functional groups attached to an aromatic ring is 1. The maximum atomic E-state index is 10.6. The third-order valence-corrected chi connectivity index (χ3v) is 2.23. The summed E-state index contributed by atoms with van der Waals surface area (Å²) in [6.07, 6.45) is 1.42. The highest BCUT2D eigenvalue weighted by Crippen LogP contribution is 2.19. The van der Waals surface area contributed by atoms with Gasteiger partial charge in [0.2, 0.25) is 0 Å². The quantitative estimate of drug-likeness (QED) is 0.507. The molecular weight excluding hydrogens is 224 g/mol. The lowest BCUT2D eigenvalue weighted by molar-refractivity contribution is -0.384. The Morgan fingerprint density at radius 2 is 2.35 bits per heavy atom. The van der Waals surface area contributed by atoms with Gasteiger partial charge in [0.1, 0.15) is 11.6 Å². The zero-order chi connectivity index (χ0) is 12.8. The monoisotopic (exact) mass is 240 g/mol. The van der Waals surface area contributed by atoms with E-state index in [0.717, 1.165) is 6.42 Å². The number of pyridine rings is 1. The number of hydrogen-bond donors (Lipinski definition) is 3. The molecule has 1 aromatic heterocycles. The van der Waals surface area contributed by atoms with E-state index in [-0.39, 0.29) is 24.2 Å². The van der Waals surface area contributed by atoms with E-state index in [1.165, 1.54) is 12.1 Å². The lowest BCUT2D eigenvalue weighted by Crippen LogP contribution is -2.16. The zero-order valence-electron chi connectivity index (χ0n) is 9.59. The molecule has 7 nitrogen and oxygen atoms in total. The molecule has 4 N–H and O–H groups in total. The fourth-order valence-corrected chi connectivity index (χ4v) is 1.44. The van der Waals surface area contributed by atoms with Crippen molar-refractivity contribution in [1.29, 1.82) is 0 Å². The highest BCUT2D eigenvalue weighted by molar-refractivity contribution is 5.52. The van der Waals surface area contributed by atoms with Gasteiger partial charge in [0.15, 0.2) is 0 Å². The van der Waals surface area contributed by atoms with E-state index in [1.807, 2.05) is 6.92 Å². The Bertz CT molecular complexity index is 397. The number of aliphatic hydroxyl groups excluding tert-OH is 1. The molecule has 0 aromatic carbocycles. The summed E-state index contributed by atoms with van der Waals surface area (Å²) < 4.78 is 0. The smallest absolute Gasteiger partial charge is 0.276 e. The molecule has 0 radical (unpaired) electrons. The second-order valence-corrected chi connectivity index (χ2v) is 3.80. The first kappa shape index (κ1) is 13.2. The maximum Gasteiger partial charge on any atom is 0.276 e. The van der Waals surface area contributed by atoms with Crippen molar-refractivity contribution < 1.29 is 10.0 Å². The Balaban J connectivity index is 2.73. The van der Waals surface area contributed by atoms with Crippen molar-refractivity contribution in [3.05, 3.63) is 22.2 Å². The van der Waals surface area contributed by atoms with Gasteiger partial charge in [0, 0.05) is 12.6 Å². The summed E-state index contributed by atoms with van der Waals surface area (Å²) in [5.74, 6) is 0.484. The first-order chi connectivity index (χ1) is 8.02. The Morgan fingerprint density at radius 1 is 1.65 bits per heavy atom. The van der Waals surface area contributed by atoms with E-state index >= 15 is 0 Å². The maximum absolute atomic E-state index is 10.6. The molecule has 1 unspecified atom stereocenters. The van der Waals surface area contributed by atoms with Gasteiger partial charge < -0.3 is 16.2 Å². The molecule has 0 bridgehead atoms. The average molecular weight is 240 g/mol. The Kier molecular flexibility index (Phi) is 4.65. The van der Waals surface area contributed by atoms with E-state index in [4.69, 9.17) is 10.8 Å². The van der Waals surface area contributed by atoms with E-state index in [0.29, 0.717) is 12.2 Å². The minimum Gasteiger partial charge on any atom is -0.396 e. The summed E-state index contributed by atoms with van der Waals surface area (Å²) in [5, 5.41) is 22.3. The predicted octanol–water partition coefficient (Wildman–Crippen LogP) is 1.14. The summed E-state index contributed by atoms with van der Waals surface area (Å²) in [5.41, 5.74) is 5.39. The molecule has 0 spiro atoms. The van der Waals surface area contributed by atoms with E-state index in [9.17, 15) is 10.1 Å². The van der Waals surface area contributed by atoms with Crippen LogP contribution in [0.1, 0.15) is 19.8 Å². The third kappa shape index (κ3) is 4.23. The van der Waals surface area contributed by atoms with Gasteiger partial charge in [-0.25, -0.2) is 4.98 Å². The van der Waals surface area contributed by atoms with Crippen molar-refractivity contribution in [3.63, 3.8) is 0 Å². The molecule has 0 aliphatic carbocycles. The van der Waals surface area contributed by atoms with Crippen LogP contribution in [0.3, 0.4) is 0 Å². The summed E-state index contributed by atoms with van der Waals surface area (Å²) in [6, 6.07) is 2.62. The molecule has 1 heterocycles. The second kappa shape index (κ2) is 6.00. The summed E-state index contributed by atoms with van der Waals surface area (Å²) in [7, 11) is 0. The molecule has 17 heavy (non-hydrogen) atoms. The van der Waals surface area contributed by atoms with Gasteiger partial charge in [-0.15, -0.1) is 0 Å². The second-order valence-electron chi connectivity index (χ2n) is 3.80. The lowest BCUT2D eigenvalue weighted by atomic mass is 10.2. The number of nitro groups is 1. The van der Waals surface area contributed by atoms with Gasteiger partial charge in [-0.05, 0) is 19.8 Å². The average Bonchev–Trinajstić information content (AvgIpc) is 2.25. The standard InChI is InChI=1S/C10H16N4O3/c1-7(3-2-4-15)12-10-6-8(14(16)17)5-9(11)13-10/h5-7,15H,2-4H2,1H3,(H3,11,12,13). The molecule has 0 aliphatic rings. The van der Waals surface area contributed by atoms with Crippen LogP contribution in [0, 0.1) is 10.1 Å². The third-order valence-electron chi connectivity index (χ3n) is 2.23. The number of hydrogen-bond acceptors (Lipinski definition) is 6. The van der Waals surface area contributed by atoms with Crippen molar-refractivity contribution in [2.45, 2.75) is 25.8 Å². The van der Waals surface area contributed by atoms with Crippen LogP contribution in [0.5, 0.6) is 0 Å². The van der Waals surface area contributed by atoms with Gasteiger partial charge in [0.25, 0.3) is 5.69 Å². The fourth-order valence-electron chi connectivity index (χ4n) is 1.44. The number of aromatic nitrogens is 1. The lowest BCUT2D eigenvalue weighted by Gasteiger charge is -2.13. The number of nitrogens with two attached hydrogens (primary N) is 1. The van der Waals surface area contributed by atoms with Crippen LogP contribution in [-0.4, -0.2) is 27.7 Å². The molecule has 0 aliphatic heterocycles.